The summed E-state index contributed by atoms with van der Waals surface area (Å²) in [5.41, 5.74) is 1.28. The molecule has 0 aliphatic rings. The summed E-state index contributed by atoms with van der Waals surface area (Å²) < 4.78 is 5.23. The number of aryl methyl sites for hydroxylation is 1. The van der Waals surface area contributed by atoms with E-state index in [1.54, 1.807) is 20.8 Å². The van der Waals surface area contributed by atoms with Crippen molar-refractivity contribution in [2.75, 3.05) is 6.54 Å². The quantitative estimate of drug-likeness (QED) is 0.920. The maximum atomic E-state index is 12.0. The first kappa shape index (κ1) is 16.0. The lowest BCUT2D eigenvalue weighted by Gasteiger charge is -2.26. The van der Waals surface area contributed by atoms with Crippen molar-refractivity contribution < 1.29 is 19.4 Å². The molecule has 5 nitrogen and oxygen atoms in total. The van der Waals surface area contributed by atoms with Gasteiger partial charge in [-0.3, -0.25) is 9.69 Å². The molecule has 1 N–H and O–H groups in total. The maximum absolute atomic E-state index is 12.0. The van der Waals surface area contributed by atoms with Gasteiger partial charge in [0, 0.05) is 6.54 Å². The van der Waals surface area contributed by atoms with Crippen molar-refractivity contribution in [3.63, 3.8) is 0 Å². The Bertz CT molecular complexity index is 491. The van der Waals surface area contributed by atoms with E-state index >= 15 is 0 Å². The zero-order chi connectivity index (χ0) is 15.3. The summed E-state index contributed by atoms with van der Waals surface area (Å²) in [4.78, 5) is 24.1. The van der Waals surface area contributed by atoms with Crippen molar-refractivity contribution in [2.45, 2.75) is 39.8 Å². The highest BCUT2D eigenvalue weighted by atomic mass is 16.6. The summed E-state index contributed by atoms with van der Waals surface area (Å²) in [7, 11) is 0. The molecule has 5 heteroatoms. The molecule has 0 aliphatic carbocycles. The number of hydrogen-bond acceptors (Lipinski definition) is 3. The van der Waals surface area contributed by atoms with Crippen LogP contribution in [-0.4, -0.2) is 34.2 Å². The van der Waals surface area contributed by atoms with Gasteiger partial charge in [-0.1, -0.05) is 29.8 Å². The van der Waals surface area contributed by atoms with Gasteiger partial charge in [-0.15, -0.1) is 0 Å². The lowest BCUT2D eigenvalue weighted by Crippen LogP contribution is -2.39. The fourth-order valence-corrected chi connectivity index (χ4v) is 1.71. The van der Waals surface area contributed by atoms with E-state index in [2.05, 4.69) is 0 Å². The molecule has 0 spiro atoms. The second-order valence-corrected chi connectivity index (χ2v) is 5.72. The molecule has 1 aromatic rings. The van der Waals surface area contributed by atoms with Gasteiger partial charge in [0.2, 0.25) is 0 Å². The van der Waals surface area contributed by atoms with E-state index < -0.39 is 17.7 Å². The van der Waals surface area contributed by atoms with Gasteiger partial charge in [-0.05, 0) is 33.3 Å². The van der Waals surface area contributed by atoms with Crippen LogP contribution in [0.25, 0.3) is 0 Å². The van der Waals surface area contributed by atoms with Crippen LogP contribution in [0.4, 0.5) is 4.79 Å². The average Bonchev–Trinajstić information content (AvgIpc) is 2.25. The van der Waals surface area contributed by atoms with Crippen LogP contribution in [-0.2, 0) is 16.1 Å². The molecule has 0 unspecified atom stereocenters. The average molecular weight is 279 g/mol. The van der Waals surface area contributed by atoms with Gasteiger partial charge >= 0.3 is 12.1 Å². The number of carboxylic acid groups (broad SMARTS) is 1. The summed E-state index contributed by atoms with van der Waals surface area (Å²) >= 11 is 0. The monoisotopic (exact) mass is 279 g/mol. The Kier molecular flexibility index (Phi) is 5.13. The molecular formula is C15H21NO4. The van der Waals surface area contributed by atoms with E-state index in [4.69, 9.17) is 9.84 Å². The molecule has 110 valence electrons. The third-order valence-corrected chi connectivity index (χ3v) is 2.43. The molecule has 0 bridgehead atoms. The Morgan fingerprint density at radius 2 is 1.95 bits per heavy atom. The first-order chi connectivity index (χ1) is 9.17. The van der Waals surface area contributed by atoms with E-state index in [0.29, 0.717) is 0 Å². The summed E-state index contributed by atoms with van der Waals surface area (Å²) in [6.07, 6.45) is -0.624. The van der Waals surface area contributed by atoms with Crippen molar-refractivity contribution in [3.05, 3.63) is 35.4 Å². The number of carbonyl (C=O) groups excluding carboxylic acids is 1. The topological polar surface area (TPSA) is 66.8 Å². The largest absolute Gasteiger partial charge is 0.480 e. The van der Waals surface area contributed by atoms with Gasteiger partial charge in [0.05, 0.1) is 0 Å². The third kappa shape index (κ3) is 5.73. The predicted molar refractivity (Wildman–Crippen MR) is 75.5 cm³/mol. The standard InChI is InChI=1S/C15H21NO4/c1-11-6-5-7-12(8-11)9-16(10-13(17)18)14(19)20-15(2,3)4/h5-8H,9-10H2,1-4H3,(H,17,18). The van der Waals surface area contributed by atoms with E-state index in [1.807, 2.05) is 31.2 Å². The van der Waals surface area contributed by atoms with Crippen LogP contribution in [0.3, 0.4) is 0 Å². The zero-order valence-electron chi connectivity index (χ0n) is 12.3. The first-order valence-electron chi connectivity index (χ1n) is 6.42. The number of carboxylic acids is 1. The van der Waals surface area contributed by atoms with Gasteiger partial charge < -0.3 is 9.84 Å². The molecule has 20 heavy (non-hydrogen) atoms. The molecule has 0 radical (unpaired) electrons. The Morgan fingerprint density at radius 3 is 2.45 bits per heavy atom. The predicted octanol–water partition coefficient (Wildman–Crippen LogP) is 2.82. The van der Waals surface area contributed by atoms with Crippen LogP contribution in [0.2, 0.25) is 0 Å². The number of aliphatic carboxylic acids is 1. The molecule has 0 aliphatic heterocycles. The Morgan fingerprint density at radius 1 is 1.30 bits per heavy atom. The van der Waals surface area contributed by atoms with Crippen LogP contribution in [0.15, 0.2) is 24.3 Å². The fourth-order valence-electron chi connectivity index (χ4n) is 1.71. The van der Waals surface area contributed by atoms with Crippen LogP contribution in [0.5, 0.6) is 0 Å². The van der Waals surface area contributed by atoms with Crippen LogP contribution >= 0.6 is 0 Å². The second kappa shape index (κ2) is 6.41. The third-order valence-electron chi connectivity index (χ3n) is 2.43. The van der Waals surface area contributed by atoms with Crippen molar-refractivity contribution >= 4 is 12.1 Å². The van der Waals surface area contributed by atoms with Crippen molar-refractivity contribution in [2.24, 2.45) is 0 Å². The lowest BCUT2D eigenvalue weighted by molar-refractivity contribution is -0.138. The van der Waals surface area contributed by atoms with Gasteiger partial charge in [0.1, 0.15) is 12.1 Å². The minimum Gasteiger partial charge on any atom is -0.480 e. The summed E-state index contributed by atoms with van der Waals surface area (Å²) in [5.74, 6) is -1.07. The Balaban J connectivity index is 2.84. The van der Waals surface area contributed by atoms with Crippen LogP contribution in [0, 0.1) is 6.92 Å². The number of nitrogens with zero attached hydrogens (tertiary/aromatic N) is 1. The number of carbonyl (C=O) groups is 2. The molecule has 0 fully saturated rings. The summed E-state index contributed by atoms with van der Waals surface area (Å²) in [5, 5.41) is 8.91. The normalized spacial score (nSPS) is 11.0. The van der Waals surface area contributed by atoms with Crippen molar-refractivity contribution in [3.8, 4) is 0 Å². The smallest absolute Gasteiger partial charge is 0.411 e. The highest BCUT2D eigenvalue weighted by molar-refractivity contribution is 5.76. The maximum Gasteiger partial charge on any atom is 0.411 e. The molecule has 0 saturated heterocycles. The lowest BCUT2D eigenvalue weighted by atomic mass is 10.1. The van der Waals surface area contributed by atoms with Gasteiger partial charge in [-0.2, -0.15) is 0 Å². The summed E-state index contributed by atoms with van der Waals surface area (Å²) in [6.45, 7) is 7.01. The van der Waals surface area contributed by atoms with E-state index in [0.717, 1.165) is 11.1 Å². The molecule has 1 rings (SSSR count). The minimum absolute atomic E-state index is 0.211. The molecule has 1 amide bonds. The number of ether oxygens (including phenoxy) is 1. The number of hydrogen-bond donors (Lipinski definition) is 1. The number of benzene rings is 1. The molecular weight excluding hydrogens is 258 g/mol. The molecule has 0 saturated carbocycles. The summed E-state index contributed by atoms with van der Waals surface area (Å²) in [6, 6.07) is 7.59. The van der Waals surface area contributed by atoms with E-state index in [-0.39, 0.29) is 13.1 Å². The van der Waals surface area contributed by atoms with E-state index in [1.165, 1.54) is 4.90 Å². The minimum atomic E-state index is -1.07. The molecule has 0 aromatic heterocycles. The zero-order valence-corrected chi connectivity index (χ0v) is 12.3. The van der Waals surface area contributed by atoms with Gasteiger partial charge in [-0.25, -0.2) is 4.79 Å². The van der Waals surface area contributed by atoms with Crippen molar-refractivity contribution in [1.82, 2.24) is 4.90 Å². The second-order valence-electron chi connectivity index (χ2n) is 5.72. The van der Waals surface area contributed by atoms with Crippen molar-refractivity contribution in [1.29, 1.82) is 0 Å². The first-order valence-corrected chi connectivity index (χ1v) is 6.42. The SMILES string of the molecule is Cc1cccc(CN(CC(=O)O)C(=O)OC(C)(C)C)c1. The molecule has 1 aromatic carbocycles. The van der Waals surface area contributed by atoms with Gasteiger partial charge in [0.15, 0.2) is 0 Å². The number of amides is 1. The fraction of sp³-hybridized carbons (Fsp3) is 0.467. The number of rotatable bonds is 4. The highest BCUT2D eigenvalue weighted by Gasteiger charge is 2.23. The highest BCUT2D eigenvalue weighted by Crippen LogP contribution is 2.13. The Labute approximate surface area is 119 Å². The molecule has 0 atom stereocenters. The molecule has 0 heterocycles. The van der Waals surface area contributed by atoms with Crippen LogP contribution < -0.4 is 0 Å². The van der Waals surface area contributed by atoms with Gasteiger partial charge in [0.25, 0.3) is 0 Å². The Hall–Kier alpha value is -2.04. The van der Waals surface area contributed by atoms with Crippen LogP contribution in [0.1, 0.15) is 31.9 Å². The van der Waals surface area contributed by atoms with E-state index in [9.17, 15) is 9.59 Å².